The number of halogens is 1. The first-order chi connectivity index (χ1) is 12.6. The van der Waals surface area contributed by atoms with Crippen molar-refractivity contribution in [2.75, 3.05) is 19.8 Å². The molecule has 0 aromatic heterocycles. The van der Waals surface area contributed by atoms with E-state index in [-0.39, 0.29) is 25.6 Å². The monoisotopic (exact) mass is 401 g/mol. The second-order valence-electron chi connectivity index (χ2n) is 7.50. The molecule has 27 heavy (non-hydrogen) atoms. The summed E-state index contributed by atoms with van der Waals surface area (Å²) in [7, 11) is 0. The Bertz CT molecular complexity index is 449. The van der Waals surface area contributed by atoms with E-state index >= 15 is 0 Å². The van der Waals surface area contributed by atoms with E-state index < -0.39 is 5.54 Å². The summed E-state index contributed by atoms with van der Waals surface area (Å²) < 4.78 is 5.80. The highest BCUT2D eigenvalue weighted by Gasteiger charge is 2.22. The lowest BCUT2D eigenvalue weighted by atomic mass is 9.94. The van der Waals surface area contributed by atoms with Crippen molar-refractivity contribution < 1.29 is 14.9 Å². The molecule has 1 rings (SSSR count). The summed E-state index contributed by atoms with van der Waals surface area (Å²) >= 11 is 0. The van der Waals surface area contributed by atoms with Crippen LogP contribution in [0.15, 0.2) is 24.3 Å². The van der Waals surface area contributed by atoms with Gasteiger partial charge in [-0.05, 0) is 37.0 Å². The zero-order valence-corrected chi connectivity index (χ0v) is 17.8. The molecule has 0 saturated carbocycles. The maximum atomic E-state index is 9.23. The molecule has 0 fully saturated rings. The Morgan fingerprint density at radius 3 is 1.89 bits per heavy atom. The number of benzene rings is 1. The first-order valence-corrected chi connectivity index (χ1v) is 10.4. The van der Waals surface area contributed by atoms with Crippen molar-refractivity contribution in [3.8, 4) is 5.75 Å². The van der Waals surface area contributed by atoms with Crippen molar-refractivity contribution in [3.63, 3.8) is 0 Å². The van der Waals surface area contributed by atoms with Crippen LogP contribution in [0, 0.1) is 0 Å². The second kappa shape index (κ2) is 16.2. The van der Waals surface area contributed by atoms with Crippen molar-refractivity contribution in [1.29, 1.82) is 0 Å². The van der Waals surface area contributed by atoms with E-state index in [0.29, 0.717) is 6.42 Å². The van der Waals surface area contributed by atoms with Crippen LogP contribution in [0.2, 0.25) is 0 Å². The Morgan fingerprint density at radius 2 is 1.37 bits per heavy atom. The van der Waals surface area contributed by atoms with E-state index in [1.807, 2.05) is 24.3 Å². The molecule has 1 aromatic carbocycles. The smallest absolute Gasteiger partial charge is 0.119 e. The van der Waals surface area contributed by atoms with Gasteiger partial charge in [-0.25, -0.2) is 0 Å². The van der Waals surface area contributed by atoms with Crippen molar-refractivity contribution in [2.45, 2.75) is 83.1 Å². The summed E-state index contributed by atoms with van der Waals surface area (Å²) in [5.74, 6) is 0.900. The van der Waals surface area contributed by atoms with E-state index in [1.54, 1.807) is 0 Å². The van der Waals surface area contributed by atoms with Gasteiger partial charge in [0.05, 0.1) is 25.4 Å². The molecule has 0 bridgehead atoms. The summed E-state index contributed by atoms with van der Waals surface area (Å²) in [5.41, 5.74) is 6.13. The predicted molar refractivity (Wildman–Crippen MR) is 116 cm³/mol. The largest absolute Gasteiger partial charge is 0.494 e. The van der Waals surface area contributed by atoms with E-state index in [9.17, 15) is 10.2 Å². The molecule has 0 heterocycles. The van der Waals surface area contributed by atoms with Crippen LogP contribution in [-0.4, -0.2) is 35.6 Å². The fraction of sp³-hybridized carbons (Fsp3) is 0.727. The van der Waals surface area contributed by atoms with Gasteiger partial charge >= 0.3 is 0 Å². The molecular formula is C22H40ClNO3. The molecule has 5 heteroatoms. The van der Waals surface area contributed by atoms with Gasteiger partial charge in [0, 0.05) is 0 Å². The normalized spacial score (nSPS) is 11.3. The average molecular weight is 402 g/mol. The summed E-state index contributed by atoms with van der Waals surface area (Å²) in [5, 5.41) is 18.5. The molecule has 4 N–H and O–H groups in total. The third-order valence-electron chi connectivity index (χ3n) is 4.98. The number of unbranched alkanes of at least 4 members (excludes halogenated alkanes) is 8. The van der Waals surface area contributed by atoms with Crippen LogP contribution in [0.4, 0.5) is 0 Å². The molecule has 0 spiro atoms. The van der Waals surface area contributed by atoms with Crippen molar-refractivity contribution in [3.05, 3.63) is 29.8 Å². The fourth-order valence-electron chi connectivity index (χ4n) is 2.96. The van der Waals surface area contributed by atoms with Crippen LogP contribution in [0.3, 0.4) is 0 Å². The van der Waals surface area contributed by atoms with Crippen LogP contribution in [0.1, 0.15) is 76.7 Å². The van der Waals surface area contributed by atoms with Gasteiger partial charge in [0.1, 0.15) is 5.75 Å². The number of aliphatic hydroxyl groups excluding tert-OH is 2. The molecule has 0 unspecified atom stereocenters. The standard InChI is InChI=1S/C22H39NO3.ClH/c1-2-3-4-5-6-7-8-9-10-17-26-21-13-11-20(12-14-21)15-16-22(23,18-24)19-25;/h11-14,24-25H,2-10,15-19,23H2,1H3;1H. The summed E-state index contributed by atoms with van der Waals surface area (Å²) in [6.07, 6.45) is 13.1. The van der Waals surface area contributed by atoms with Gasteiger partial charge in [-0.3, -0.25) is 0 Å². The summed E-state index contributed by atoms with van der Waals surface area (Å²) in [6, 6.07) is 8.03. The zero-order chi connectivity index (χ0) is 19.1. The molecule has 0 aliphatic carbocycles. The summed E-state index contributed by atoms with van der Waals surface area (Å²) in [6.45, 7) is 2.62. The number of aliphatic hydroxyl groups is 2. The van der Waals surface area contributed by atoms with Gasteiger partial charge in [0.25, 0.3) is 0 Å². The number of hydrogen-bond donors (Lipinski definition) is 3. The highest BCUT2D eigenvalue weighted by Crippen LogP contribution is 2.17. The van der Waals surface area contributed by atoms with E-state index in [0.717, 1.165) is 30.8 Å². The Balaban J connectivity index is 0.00000676. The maximum absolute atomic E-state index is 9.23. The fourth-order valence-corrected chi connectivity index (χ4v) is 2.96. The van der Waals surface area contributed by atoms with Crippen LogP contribution >= 0.6 is 12.4 Å². The molecule has 4 nitrogen and oxygen atoms in total. The molecule has 1 aromatic rings. The highest BCUT2D eigenvalue weighted by molar-refractivity contribution is 5.85. The van der Waals surface area contributed by atoms with Gasteiger partial charge in [0.2, 0.25) is 0 Å². The number of rotatable bonds is 16. The minimum absolute atomic E-state index is 0. The van der Waals surface area contributed by atoms with Crippen LogP contribution in [0.25, 0.3) is 0 Å². The molecule has 0 radical (unpaired) electrons. The molecule has 0 atom stereocenters. The Morgan fingerprint density at radius 1 is 0.852 bits per heavy atom. The van der Waals surface area contributed by atoms with Crippen molar-refractivity contribution >= 4 is 12.4 Å². The Hall–Kier alpha value is -0.810. The Labute approximate surface area is 171 Å². The minimum atomic E-state index is -0.898. The Kier molecular flexibility index (Phi) is 15.7. The highest BCUT2D eigenvalue weighted by atomic mass is 35.5. The molecule has 0 aliphatic heterocycles. The molecule has 0 saturated heterocycles. The average Bonchev–Trinajstić information content (AvgIpc) is 2.68. The van der Waals surface area contributed by atoms with E-state index in [2.05, 4.69) is 6.92 Å². The first kappa shape index (κ1) is 26.2. The lowest BCUT2D eigenvalue weighted by molar-refractivity contribution is 0.115. The first-order valence-electron chi connectivity index (χ1n) is 10.4. The van der Waals surface area contributed by atoms with Crippen molar-refractivity contribution in [2.24, 2.45) is 5.73 Å². The van der Waals surface area contributed by atoms with Gasteiger partial charge in [-0.1, -0.05) is 70.4 Å². The SMILES string of the molecule is CCCCCCCCCCCOc1ccc(CCC(N)(CO)CO)cc1.Cl. The second-order valence-corrected chi connectivity index (χ2v) is 7.50. The zero-order valence-electron chi connectivity index (χ0n) is 17.0. The van der Waals surface area contributed by atoms with Crippen molar-refractivity contribution in [1.82, 2.24) is 0 Å². The number of nitrogens with two attached hydrogens (primary N) is 1. The lowest BCUT2D eigenvalue weighted by Crippen LogP contribution is -2.47. The topological polar surface area (TPSA) is 75.7 Å². The predicted octanol–water partition coefficient (Wildman–Crippen LogP) is 4.63. The molecule has 0 amide bonds. The van der Waals surface area contributed by atoms with Gasteiger partial charge in [-0.15, -0.1) is 12.4 Å². The third kappa shape index (κ3) is 12.3. The van der Waals surface area contributed by atoms with Gasteiger partial charge in [0.15, 0.2) is 0 Å². The molecule has 158 valence electrons. The number of hydrogen-bond acceptors (Lipinski definition) is 4. The number of ether oxygens (including phenoxy) is 1. The van der Waals surface area contributed by atoms with E-state index in [1.165, 1.54) is 51.4 Å². The molecule has 0 aliphatic rings. The lowest BCUT2D eigenvalue weighted by Gasteiger charge is -2.24. The quantitative estimate of drug-likeness (QED) is 0.353. The van der Waals surface area contributed by atoms with Gasteiger partial charge in [-0.2, -0.15) is 0 Å². The van der Waals surface area contributed by atoms with Gasteiger partial charge < -0.3 is 20.7 Å². The summed E-state index contributed by atoms with van der Waals surface area (Å²) in [4.78, 5) is 0. The maximum Gasteiger partial charge on any atom is 0.119 e. The third-order valence-corrected chi connectivity index (χ3v) is 4.98. The van der Waals surface area contributed by atoms with Crippen LogP contribution < -0.4 is 10.5 Å². The van der Waals surface area contributed by atoms with Crippen LogP contribution in [-0.2, 0) is 6.42 Å². The van der Waals surface area contributed by atoms with E-state index in [4.69, 9.17) is 10.5 Å². The van der Waals surface area contributed by atoms with Crippen LogP contribution in [0.5, 0.6) is 5.75 Å². The number of aryl methyl sites for hydroxylation is 1. The molecular weight excluding hydrogens is 362 g/mol. The minimum Gasteiger partial charge on any atom is -0.494 e.